The lowest BCUT2D eigenvalue weighted by atomic mass is 10.1. The summed E-state index contributed by atoms with van der Waals surface area (Å²) < 4.78 is 1.86. The molecule has 7 heteroatoms. The highest BCUT2D eigenvalue weighted by molar-refractivity contribution is 5.93. The first-order chi connectivity index (χ1) is 12.8. The summed E-state index contributed by atoms with van der Waals surface area (Å²) in [6, 6.07) is 7.55. The first-order valence-corrected chi connectivity index (χ1v) is 9.11. The molecule has 0 aliphatic rings. The second kappa shape index (κ2) is 9.21. The second-order valence-corrected chi connectivity index (χ2v) is 6.90. The standard InChI is InChI=1S/C20H30N6O/c1-14(2)18-17(13-26(6)24-18)12-25(5)20(22-4)23-11-15-7-9-16(10-8-15)19(27)21-3/h7-10,13-14H,11-12H2,1-6H3,(H,21,27)(H,22,23). The number of hydrogen-bond acceptors (Lipinski definition) is 3. The topological polar surface area (TPSA) is 74.6 Å². The van der Waals surface area contributed by atoms with Crippen molar-refractivity contribution in [2.75, 3.05) is 21.1 Å². The third-order valence-corrected chi connectivity index (χ3v) is 4.36. The third-order valence-electron chi connectivity index (χ3n) is 4.36. The molecule has 7 nitrogen and oxygen atoms in total. The molecule has 2 aromatic rings. The van der Waals surface area contributed by atoms with Gasteiger partial charge in [0.05, 0.1) is 5.69 Å². The molecule has 0 aliphatic heterocycles. The summed E-state index contributed by atoms with van der Waals surface area (Å²) in [5.74, 6) is 1.11. The number of aryl methyl sites for hydroxylation is 1. The van der Waals surface area contributed by atoms with Crippen molar-refractivity contribution in [3.05, 3.63) is 52.8 Å². The number of amides is 1. The molecular formula is C20H30N6O. The van der Waals surface area contributed by atoms with Gasteiger partial charge in [-0.15, -0.1) is 0 Å². The molecule has 2 rings (SSSR count). The van der Waals surface area contributed by atoms with Crippen LogP contribution in [0.5, 0.6) is 0 Å². The quantitative estimate of drug-likeness (QED) is 0.603. The molecule has 0 radical (unpaired) electrons. The van der Waals surface area contributed by atoms with Crippen LogP contribution in [0.2, 0.25) is 0 Å². The van der Waals surface area contributed by atoms with Gasteiger partial charge in [-0.05, 0) is 23.6 Å². The Hall–Kier alpha value is -2.83. The molecule has 2 N–H and O–H groups in total. The molecule has 0 saturated heterocycles. The maximum absolute atomic E-state index is 11.6. The van der Waals surface area contributed by atoms with E-state index in [0.29, 0.717) is 18.0 Å². The Bertz CT molecular complexity index is 791. The van der Waals surface area contributed by atoms with Gasteiger partial charge in [-0.1, -0.05) is 26.0 Å². The lowest BCUT2D eigenvalue weighted by Crippen LogP contribution is -2.38. The molecule has 0 saturated carbocycles. The minimum atomic E-state index is -0.0810. The van der Waals surface area contributed by atoms with Crippen LogP contribution in [0, 0.1) is 0 Å². The number of carbonyl (C=O) groups is 1. The molecule has 146 valence electrons. The van der Waals surface area contributed by atoms with E-state index in [1.54, 1.807) is 14.1 Å². The van der Waals surface area contributed by atoms with Gasteiger partial charge >= 0.3 is 0 Å². The summed E-state index contributed by atoms with van der Waals surface area (Å²) in [7, 11) is 7.37. The average molecular weight is 371 g/mol. The fourth-order valence-corrected chi connectivity index (χ4v) is 2.98. The monoisotopic (exact) mass is 370 g/mol. The van der Waals surface area contributed by atoms with Gasteiger partial charge in [-0.3, -0.25) is 14.5 Å². The maximum atomic E-state index is 11.6. The Labute approximate surface area is 161 Å². The molecule has 0 aliphatic carbocycles. The van der Waals surface area contributed by atoms with Crippen molar-refractivity contribution in [2.24, 2.45) is 12.0 Å². The summed E-state index contributed by atoms with van der Waals surface area (Å²) in [6.07, 6.45) is 2.07. The molecule has 0 fully saturated rings. The molecule has 1 heterocycles. The lowest BCUT2D eigenvalue weighted by Gasteiger charge is -2.22. The number of aliphatic imine (C=N–C) groups is 1. The van der Waals surface area contributed by atoms with Gasteiger partial charge in [0.1, 0.15) is 0 Å². The van der Waals surface area contributed by atoms with Crippen LogP contribution in [0.25, 0.3) is 0 Å². The number of nitrogens with one attached hydrogen (secondary N) is 2. The normalized spacial score (nSPS) is 11.6. The molecule has 27 heavy (non-hydrogen) atoms. The van der Waals surface area contributed by atoms with Crippen molar-refractivity contribution in [1.29, 1.82) is 0 Å². The van der Waals surface area contributed by atoms with Crippen molar-refractivity contribution >= 4 is 11.9 Å². The van der Waals surface area contributed by atoms with E-state index in [4.69, 9.17) is 0 Å². The highest BCUT2D eigenvalue weighted by Crippen LogP contribution is 2.18. The summed E-state index contributed by atoms with van der Waals surface area (Å²) in [5, 5.41) is 10.6. The van der Waals surface area contributed by atoms with E-state index in [1.807, 2.05) is 43.0 Å². The highest BCUT2D eigenvalue weighted by Gasteiger charge is 2.15. The molecule has 0 atom stereocenters. The van der Waals surface area contributed by atoms with E-state index in [2.05, 4.69) is 45.7 Å². The Kier molecular flexibility index (Phi) is 6.98. The summed E-state index contributed by atoms with van der Waals surface area (Å²) in [5.41, 5.74) is 4.06. The smallest absolute Gasteiger partial charge is 0.251 e. The Balaban J connectivity index is 2.00. The van der Waals surface area contributed by atoms with Crippen molar-refractivity contribution in [1.82, 2.24) is 25.3 Å². The van der Waals surface area contributed by atoms with Crippen LogP contribution in [0.3, 0.4) is 0 Å². The van der Waals surface area contributed by atoms with Gasteiger partial charge in [-0.2, -0.15) is 5.10 Å². The minimum absolute atomic E-state index is 0.0810. The Morgan fingerprint density at radius 3 is 2.52 bits per heavy atom. The van der Waals surface area contributed by atoms with E-state index >= 15 is 0 Å². The zero-order valence-corrected chi connectivity index (χ0v) is 17.1. The first kappa shape index (κ1) is 20.5. The SMILES string of the molecule is CN=C(NCc1ccc(C(=O)NC)cc1)N(C)Cc1cn(C)nc1C(C)C. The van der Waals surface area contributed by atoms with E-state index in [1.165, 1.54) is 5.56 Å². The first-order valence-electron chi connectivity index (χ1n) is 9.11. The van der Waals surface area contributed by atoms with Gasteiger partial charge in [0, 0.05) is 58.6 Å². The van der Waals surface area contributed by atoms with E-state index in [0.717, 1.165) is 23.8 Å². The Morgan fingerprint density at radius 2 is 1.96 bits per heavy atom. The third kappa shape index (κ3) is 5.32. The van der Waals surface area contributed by atoms with Crippen molar-refractivity contribution in [2.45, 2.75) is 32.9 Å². The second-order valence-electron chi connectivity index (χ2n) is 6.90. The predicted molar refractivity (Wildman–Crippen MR) is 109 cm³/mol. The Morgan fingerprint density at radius 1 is 1.30 bits per heavy atom. The van der Waals surface area contributed by atoms with Gasteiger partial charge in [0.25, 0.3) is 5.91 Å². The van der Waals surface area contributed by atoms with E-state index < -0.39 is 0 Å². The van der Waals surface area contributed by atoms with Crippen LogP contribution in [0.4, 0.5) is 0 Å². The number of benzene rings is 1. The molecule has 0 unspecified atom stereocenters. The summed E-state index contributed by atoms with van der Waals surface area (Å²) in [4.78, 5) is 18.1. The fraction of sp³-hybridized carbons (Fsp3) is 0.450. The van der Waals surface area contributed by atoms with Crippen LogP contribution in [-0.4, -0.2) is 47.7 Å². The molecule has 1 aromatic carbocycles. The number of nitrogens with zero attached hydrogens (tertiary/aromatic N) is 4. The molecular weight excluding hydrogens is 340 g/mol. The largest absolute Gasteiger partial charge is 0.355 e. The van der Waals surface area contributed by atoms with E-state index in [-0.39, 0.29) is 5.91 Å². The van der Waals surface area contributed by atoms with Crippen LogP contribution in [0.1, 0.15) is 46.9 Å². The number of aromatic nitrogens is 2. The van der Waals surface area contributed by atoms with Gasteiger partial charge < -0.3 is 15.5 Å². The highest BCUT2D eigenvalue weighted by atomic mass is 16.1. The van der Waals surface area contributed by atoms with Crippen molar-refractivity contribution < 1.29 is 4.79 Å². The average Bonchev–Trinajstić information content (AvgIpc) is 3.02. The fourth-order valence-electron chi connectivity index (χ4n) is 2.98. The number of carbonyl (C=O) groups excluding carboxylic acids is 1. The summed E-state index contributed by atoms with van der Waals surface area (Å²) in [6.45, 7) is 5.68. The van der Waals surface area contributed by atoms with Crippen LogP contribution < -0.4 is 10.6 Å². The number of hydrogen-bond donors (Lipinski definition) is 2. The van der Waals surface area contributed by atoms with Crippen LogP contribution in [-0.2, 0) is 20.1 Å². The minimum Gasteiger partial charge on any atom is -0.355 e. The zero-order chi connectivity index (χ0) is 20.0. The van der Waals surface area contributed by atoms with Crippen LogP contribution in [0.15, 0.2) is 35.5 Å². The summed E-state index contributed by atoms with van der Waals surface area (Å²) >= 11 is 0. The molecule has 0 bridgehead atoms. The molecule has 0 spiro atoms. The molecule has 1 aromatic heterocycles. The lowest BCUT2D eigenvalue weighted by molar-refractivity contribution is 0.0963. The van der Waals surface area contributed by atoms with Crippen molar-refractivity contribution in [3.63, 3.8) is 0 Å². The number of rotatable bonds is 6. The maximum Gasteiger partial charge on any atom is 0.251 e. The van der Waals surface area contributed by atoms with Crippen LogP contribution >= 0.6 is 0 Å². The molecule has 1 amide bonds. The van der Waals surface area contributed by atoms with Gasteiger partial charge in [0.2, 0.25) is 0 Å². The van der Waals surface area contributed by atoms with Gasteiger partial charge in [0.15, 0.2) is 5.96 Å². The van der Waals surface area contributed by atoms with E-state index in [9.17, 15) is 4.79 Å². The van der Waals surface area contributed by atoms with Crippen molar-refractivity contribution in [3.8, 4) is 0 Å². The predicted octanol–water partition coefficient (Wildman–Crippen LogP) is 2.11. The van der Waals surface area contributed by atoms with Gasteiger partial charge in [-0.25, -0.2) is 0 Å². The number of guanidine groups is 1. The zero-order valence-electron chi connectivity index (χ0n) is 17.1.